The minimum absolute atomic E-state index is 0.103. The highest BCUT2D eigenvalue weighted by atomic mass is 16.5. The van der Waals surface area contributed by atoms with Gasteiger partial charge in [0.1, 0.15) is 6.61 Å². The van der Waals surface area contributed by atoms with Gasteiger partial charge < -0.3 is 14.8 Å². The number of ether oxygens (including phenoxy) is 2. The van der Waals surface area contributed by atoms with Crippen molar-refractivity contribution >= 4 is 18.4 Å². The van der Waals surface area contributed by atoms with Crippen molar-refractivity contribution in [2.45, 2.75) is 39.8 Å². The molecular formula is C33H36N2O2. The molecule has 1 N–H and O–H groups in total. The summed E-state index contributed by atoms with van der Waals surface area (Å²) in [6.45, 7) is 11.4. The van der Waals surface area contributed by atoms with Crippen LogP contribution in [0.1, 0.15) is 53.3 Å². The van der Waals surface area contributed by atoms with Gasteiger partial charge in [-0.25, -0.2) is 0 Å². The second kappa shape index (κ2) is 12.4. The molecule has 0 fully saturated rings. The number of rotatable bonds is 9. The molecule has 4 nitrogen and oxygen atoms in total. The van der Waals surface area contributed by atoms with Crippen molar-refractivity contribution in [3.63, 3.8) is 0 Å². The Morgan fingerprint density at radius 3 is 2.59 bits per heavy atom. The largest absolute Gasteiger partial charge is 0.493 e. The summed E-state index contributed by atoms with van der Waals surface area (Å²) in [5.74, 6) is 1.54. The van der Waals surface area contributed by atoms with Crippen LogP contribution >= 0.6 is 0 Å². The lowest BCUT2D eigenvalue weighted by atomic mass is 9.92. The van der Waals surface area contributed by atoms with E-state index >= 15 is 0 Å². The number of hydrogen-bond donors (Lipinski definition) is 1. The molecule has 0 saturated heterocycles. The SMILES string of the molecule is C=N/C=C(\C=C(C)C)c1ccc(/C=C/C2NCCc3cc(OCc4ccccc4)c(OC)cc32)c(C)c1. The van der Waals surface area contributed by atoms with Crippen LogP contribution in [0.25, 0.3) is 11.6 Å². The van der Waals surface area contributed by atoms with Crippen LogP contribution in [0.15, 0.2) is 89.6 Å². The van der Waals surface area contributed by atoms with Crippen molar-refractivity contribution in [3.8, 4) is 11.5 Å². The fourth-order valence-electron chi connectivity index (χ4n) is 4.62. The topological polar surface area (TPSA) is 42.9 Å². The van der Waals surface area contributed by atoms with Crippen LogP contribution in [0, 0.1) is 6.92 Å². The quantitative estimate of drug-likeness (QED) is 0.249. The van der Waals surface area contributed by atoms with Gasteiger partial charge in [-0.2, -0.15) is 0 Å². The standard InChI is InChI=1S/C33H36N2O2/c1-23(2)17-29(21-34-4)27-12-11-26(24(3)18-27)13-14-31-30-20-32(36-5)33(19-28(30)15-16-35-31)37-22-25-9-7-6-8-10-25/h6-14,17-21,31,35H,4,15-16,22H2,1-3,5H3/b14-13+,29-21+. The average Bonchev–Trinajstić information content (AvgIpc) is 2.90. The Bertz CT molecular complexity index is 1330. The third-order valence-electron chi connectivity index (χ3n) is 6.50. The van der Waals surface area contributed by atoms with Gasteiger partial charge >= 0.3 is 0 Å². The van der Waals surface area contributed by atoms with Gasteiger partial charge in [0.25, 0.3) is 0 Å². The van der Waals surface area contributed by atoms with Gasteiger partial charge in [0.2, 0.25) is 0 Å². The molecule has 4 rings (SSSR count). The number of benzene rings is 3. The summed E-state index contributed by atoms with van der Waals surface area (Å²) in [7, 11) is 1.70. The summed E-state index contributed by atoms with van der Waals surface area (Å²) in [4.78, 5) is 3.99. The fourth-order valence-corrected chi connectivity index (χ4v) is 4.62. The van der Waals surface area contributed by atoms with Gasteiger partial charge in [-0.3, -0.25) is 4.99 Å². The Hall–Kier alpha value is -3.89. The normalized spacial score (nSPS) is 15.2. The number of nitrogens with zero attached hydrogens (tertiary/aromatic N) is 1. The van der Waals surface area contributed by atoms with E-state index in [1.807, 2.05) is 24.4 Å². The van der Waals surface area contributed by atoms with Crippen LogP contribution < -0.4 is 14.8 Å². The van der Waals surface area contributed by atoms with E-state index in [1.165, 1.54) is 27.8 Å². The number of methoxy groups -OCH3 is 1. The van der Waals surface area contributed by atoms with Crippen LogP contribution in [-0.4, -0.2) is 20.4 Å². The number of allylic oxidation sites excluding steroid dienone is 3. The number of hydrogen-bond acceptors (Lipinski definition) is 4. The van der Waals surface area contributed by atoms with E-state index in [1.54, 1.807) is 7.11 Å². The molecule has 0 amide bonds. The van der Waals surface area contributed by atoms with Crippen LogP contribution in [0.2, 0.25) is 0 Å². The zero-order chi connectivity index (χ0) is 26.2. The summed E-state index contributed by atoms with van der Waals surface area (Å²) >= 11 is 0. The predicted molar refractivity (Wildman–Crippen MR) is 155 cm³/mol. The van der Waals surface area contributed by atoms with Gasteiger partial charge in [-0.15, -0.1) is 0 Å². The summed E-state index contributed by atoms with van der Waals surface area (Å²) in [5.41, 5.74) is 9.48. The van der Waals surface area contributed by atoms with Crippen molar-refractivity contribution in [1.82, 2.24) is 5.32 Å². The molecule has 190 valence electrons. The smallest absolute Gasteiger partial charge is 0.161 e. The first kappa shape index (κ1) is 26.2. The molecule has 1 aliphatic rings. The summed E-state index contributed by atoms with van der Waals surface area (Å²) in [6, 6.07) is 21.1. The zero-order valence-electron chi connectivity index (χ0n) is 22.3. The molecule has 0 spiro atoms. The second-order valence-electron chi connectivity index (χ2n) is 9.58. The van der Waals surface area contributed by atoms with Crippen molar-refractivity contribution in [2.24, 2.45) is 4.99 Å². The monoisotopic (exact) mass is 492 g/mol. The Kier molecular flexibility index (Phi) is 8.76. The Labute approximate surface area is 221 Å². The number of fused-ring (bicyclic) bond motifs is 1. The molecule has 0 aliphatic carbocycles. The Morgan fingerprint density at radius 2 is 1.89 bits per heavy atom. The van der Waals surface area contributed by atoms with Gasteiger partial charge in [0.15, 0.2) is 11.5 Å². The van der Waals surface area contributed by atoms with Crippen molar-refractivity contribution < 1.29 is 9.47 Å². The third kappa shape index (κ3) is 6.66. The molecule has 37 heavy (non-hydrogen) atoms. The lowest BCUT2D eigenvalue weighted by Crippen LogP contribution is -2.28. The van der Waals surface area contributed by atoms with Gasteiger partial charge in [-0.05, 0) is 85.0 Å². The molecule has 0 saturated carbocycles. The van der Waals surface area contributed by atoms with E-state index < -0.39 is 0 Å². The van der Waals surface area contributed by atoms with Crippen molar-refractivity contribution in [2.75, 3.05) is 13.7 Å². The summed E-state index contributed by atoms with van der Waals surface area (Å²) in [5, 5.41) is 3.64. The van der Waals surface area contributed by atoms with Crippen LogP contribution in [0.5, 0.6) is 11.5 Å². The molecule has 4 heteroatoms. The van der Waals surface area contributed by atoms with Crippen LogP contribution in [-0.2, 0) is 13.0 Å². The molecule has 3 aromatic rings. The summed E-state index contributed by atoms with van der Waals surface area (Å²) < 4.78 is 11.9. The first-order chi connectivity index (χ1) is 18.0. The summed E-state index contributed by atoms with van der Waals surface area (Å²) in [6.07, 6.45) is 9.34. The number of aryl methyl sites for hydroxylation is 1. The van der Waals surface area contributed by atoms with E-state index in [2.05, 4.69) is 98.5 Å². The molecule has 1 heterocycles. The highest BCUT2D eigenvalue weighted by molar-refractivity contribution is 5.76. The maximum Gasteiger partial charge on any atom is 0.161 e. The van der Waals surface area contributed by atoms with E-state index in [0.29, 0.717) is 6.61 Å². The minimum atomic E-state index is 0.103. The second-order valence-corrected chi connectivity index (χ2v) is 9.58. The lowest BCUT2D eigenvalue weighted by molar-refractivity contribution is 0.283. The number of nitrogens with one attached hydrogen (secondary N) is 1. The number of aliphatic imine (C=N–C) groups is 1. The van der Waals surface area contributed by atoms with Crippen molar-refractivity contribution in [1.29, 1.82) is 0 Å². The maximum absolute atomic E-state index is 6.15. The molecular weight excluding hydrogens is 456 g/mol. The Morgan fingerprint density at radius 1 is 1.08 bits per heavy atom. The first-order valence-corrected chi connectivity index (χ1v) is 12.7. The highest BCUT2D eigenvalue weighted by Gasteiger charge is 2.21. The van der Waals surface area contributed by atoms with Gasteiger partial charge in [0.05, 0.1) is 13.2 Å². The minimum Gasteiger partial charge on any atom is -0.493 e. The zero-order valence-corrected chi connectivity index (χ0v) is 22.3. The molecule has 1 aliphatic heterocycles. The predicted octanol–water partition coefficient (Wildman–Crippen LogP) is 7.49. The first-order valence-electron chi connectivity index (χ1n) is 12.7. The van der Waals surface area contributed by atoms with Crippen LogP contribution in [0.3, 0.4) is 0 Å². The van der Waals surface area contributed by atoms with E-state index in [-0.39, 0.29) is 6.04 Å². The fraction of sp³-hybridized carbons (Fsp3) is 0.242. The van der Waals surface area contributed by atoms with E-state index in [9.17, 15) is 0 Å². The van der Waals surface area contributed by atoms with E-state index in [0.717, 1.165) is 41.2 Å². The Balaban J connectivity index is 1.55. The molecule has 3 aromatic carbocycles. The average molecular weight is 493 g/mol. The molecule has 1 unspecified atom stereocenters. The van der Waals surface area contributed by atoms with Crippen LogP contribution in [0.4, 0.5) is 0 Å². The molecule has 0 radical (unpaired) electrons. The third-order valence-corrected chi connectivity index (χ3v) is 6.50. The van der Waals surface area contributed by atoms with Gasteiger partial charge in [0, 0.05) is 12.7 Å². The van der Waals surface area contributed by atoms with Crippen molar-refractivity contribution in [3.05, 3.63) is 118 Å². The molecule has 1 atom stereocenters. The van der Waals surface area contributed by atoms with E-state index in [4.69, 9.17) is 9.47 Å². The van der Waals surface area contributed by atoms with Gasteiger partial charge in [-0.1, -0.05) is 72.3 Å². The molecule has 0 aromatic heterocycles. The highest BCUT2D eigenvalue weighted by Crippen LogP contribution is 2.36. The lowest BCUT2D eigenvalue weighted by Gasteiger charge is -2.26. The molecule has 0 bridgehead atoms. The maximum atomic E-state index is 6.15.